The summed E-state index contributed by atoms with van der Waals surface area (Å²) in [5, 5.41) is 4.24. The van der Waals surface area contributed by atoms with Gasteiger partial charge < -0.3 is 5.32 Å². The van der Waals surface area contributed by atoms with Gasteiger partial charge in [0.1, 0.15) is 0 Å². The smallest absolute Gasteiger partial charge is 0.0550 e. The van der Waals surface area contributed by atoms with Crippen LogP contribution < -0.4 is 0 Å². The first-order chi connectivity index (χ1) is 3.43. The van der Waals surface area contributed by atoms with Crippen LogP contribution in [0.2, 0.25) is 0 Å². The molecule has 0 aromatic rings. The Hall–Kier alpha value is -0.0400. The van der Waals surface area contributed by atoms with Crippen molar-refractivity contribution < 1.29 is 0 Å². The normalized spacial score (nSPS) is 31.3. The van der Waals surface area contributed by atoms with E-state index in [1.165, 1.54) is 12.8 Å². The maximum atomic E-state index is 4.24. The van der Waals surface area contributed by atoms with Crippen LogP contribution in [-0.4, -0.2) is 13.1 Å². The van der Waals surface area contributed by atoms with Crippen molar-refractivity contribution in [2.75, 3.05) is 13.1 Å². The molecule has 0 radical (unpaired) electrons. The number of nitrogens with zero attached hydrogens (tertiary/aromatic N) is 1. The summed E-state index contributed by atoms with van der Waals surface area (Å²) in [7, 11) is 0. The minimum atomic E-state index is 0.931. The molecule has 0 amide bonds. The summed E-state index contributed by atoms with van der Waals surface area (Å²) >= 11 is 0. The third-order valence-electron chi connectivity index (χ3n) is 1.66. The van der Waals surface area contributed by atoms with Crippen LogP contribution in [0, 0.1) is 5.92 Å². The van der Waals surface area contributed by atoms with Gasteiger partial charge in [0.15, 0.2) is 0 Å². The minimum absolute atomic E-state index is 0.931. The fourth-order valence-electron chi connectivity index (χ4n) is 0.972. The zero-order valence-corrected chi connectivity index (χ0v) is 4.85. The summed E-state index contributed by atoms with van der Waals surface area (Å²) in [5.41, 5.74) is 0. The summed E-state index contributed by atoms with van der Waals surface area (Å²) in [5.74, 6) is 0.931. The Morgan fingerprint density at radius 2 is 2.57 bits per heavy atom. The lowest BCUT2D eigenvalue weighted by Crippen LogP contribution is -1.93. The van der Waals surface area contributed by atoms with Gasteiger partial charge >= 0.3 is 0 Å². The highest BCUT2D eigenvalue weighted by Gasteiger charge is 2.01. The number of hydrogen-bond acceptors (Lipinski definition) is 0. The Balaban J connectivity index is 2.14. The van der Waals surface area contributed by atoms with E-state index in [0.29, 0.717) is 0 Å². The quantitative estimate of drug-likeness (QED) is 0.474. The molecule has 7 heavy (non-hydrogen) atoms. The largest absolute Gasteiger partial charge is 0.662 e. The fourth-order valence-corrected chi connectivity index (χ4v) is 0.972. The van der Waals surface area contributed by atoms with Crippen LogP contribution in [0.1, 0.15) is 19.8 Å². The fraction of sp³-hybridized carbons (Fsp3) is 1.00. The SMILES string of the molecule is CCC1CC[N-]C1. The van der Waals surface area contributed by atoms with Crippen LogP contribution in [0.25, 0.3) is 5.32 Å². The van der Waals surface area contributed by atoms with Gasteiger partial charge in [0.05, 0.1) is 0 Å². The molecule has 0 aromatic carbocycles. The highest BCUT2D eigenvalue weighted by atomic mass is 14.9. The Labute approximate surface area is 45.1 Å². The third kappa shape index (κ3) is 1.16. The van der Waals surface area contributed by atoms with E-state index in [0.717, 1.165) is 19.0 Å². The second-order valence-corrected chi connectivity index (χ2v) is 2.19. The Bertz CT molecular complexity index is 46.1. The van der Waals surface area contributed by atoms with Gasteiger partial charge in [0.2, 0.25) is 0 Å². The third-order valence-corrected chi connectivity index (χ3v) is 1.66. The van der Waals surface area contributed by atoms with Gasteiger partial charge in [0, 0.05) is 0 Å². The maximum absolute atomic E-state index is 4.24. The first-order valence-corrected chi connectivity index (χ1v) is 3.06. The van der Waals surface area contributed by atoms with Crippen molar-refractivity contribution in [1.29, 1.82) is 0 Å². The first-order valence-electron chi connectivity index (χ1n) is 3.06. The summed E-state index contributed by atoms with van der Waals surface area (Å²) in [6.07, 6.45) is 2.67. The van der Waals surface area contributed by atoms with E-state index in [9.17, 15) is 0 Å². The standard InChI is InChI=1S/C6H12N/c1-2-6-3-4-7-5-6/h6H,2-5H2,1H3/q-1. The molecule has 0 bridgehead atoms. The molecule has 1 heteroatoms. The zero-order valence-electron chi connectivity index (χ0n) is 4.85. The Morgan fingerprint density at radius 3 is 2.86 bits per heavy atom. The molecule has 1 rings (SSSR count). The van der Waals surface area contributed by atoms with Crippen molar-refractivity contribution in [2.24, 2.45) is 5.92 Å². The van der Waals surface area contributed by atoms with Crippen LogP contribution in [0.5, 0.6) is 0 Å². The molecular weight excluding hydrogens is 86.1 g/mol. The van der Waals surface area contributed by atoms with Gasteiger partial charge in [-0.3, -0.25) is 0 Å². The summed E-state index contributed by atoms with van der Waals surface area (Å²) in [6, 6.07) is 0. The molecule has 1 unspecified atom stereocenters. The highest BCUT2D eigenvalue weighted by molar-refractivity contribution is 4.91. The van der Waals surface area contributed by atoms with E-state index in [1.54, 1.807) is 0 Å². The minimum Gasteiger partial charge on any atom is -0.662 e. The van der Waals surface area contributed by atoms with Crippen molar-refractivity contribution in [3.63, 3.8) is 0 Å². The second-order valence-electron chi connectivity index (χ2n) is 2.19. The van der Waals surface area contributed by atoms with Crippen LogP contribution in [0.15, 0.2) is 0 Å². The molecule has 1 heterocycles. The predicted molar refractivity (Wildman–Crippen MR) is 31.5 cm³/mol. The van der Waals surface area contributed by atoms with E-state index in [-0.39, 0.29) is 0 Å². The van der Waals surface area contributed by atoms with Crippen molar-refractivity contribution >= 4 is 0 Å². The van der Waals surface area contributed by atoms with Crippen LogP contribution >= 0.6 is 0 Å². The average molecular weight is 98.2 g/mol. The predicted octanol–water partition coefficient (Wildman–Crippen LogP) is 1.79. The summed E-state index contributed by atoms with van der Waals surface area (Å²) < 4.78 is 0. The number of rotatable bonds is 1. The van der Waals surface area contributed by atoms with Gasteiger partial charge in [-0.1, -0.05) is 25.7 Å². The van der Waals surface area contributed by atoms with Gasteiger partial charge in [-0.15, -0.1) is 13.1 Å². The van der Waals surface area contributed by atoms with E-state index < -0.39 is 0 Å². The molecule has 1 nitrogen and oxygen atoms in total. The topological polar surface area (TPSA) is 14.1 Å². The van der Waals surface area contributed by atoms with Gasteiger partial charge in [-0.05, 0) is 0 Å². The second kappa shape index (κ2) is 2.31. The van der Waals surface area contributed by atoms with Gasteiger partial charge in [-0.25, -0.2) is 0 Å². The highest BCUT2D eigenvalue weighted by Crippen LogP contribution is 2.18. The Morgan fingerprint density at radius 1 is 1.71 bits per heavy atom. The van der Waals surface area contributed by atoms with Crippen molar-refractivity contribution in [3.05, 3.63) is 5.32 Å². The Kier molecular flexibility index (Phi) is 1.69. The van der Waals surface area contributed by atoms with Gasteiger partial charge in [-0.2, -0.15) is 0 Å². The zero-order chi connectivity index (χ0) is 5.11. The van der Waals surface area contributed by atoms with E-state index >= 15 is 0 Å². The van der Waals surface area contributed by atoms with Crippen LogP contribution in [0.3, 0.4) is 0 Å². The average Bonchev–Trinajstić information content (AvgIpc) is 2.14. The molecule has 0 aromatic heterocycles. The summed E-state index contributed by atoms with van der Waals surface area (Å²) in [6.45, 7) is 4.50. The lowest BCUT2D eigenvalue weighted by atomic mass is 10.1. The molecule has 0 saturated carbocycles. The molecule has 1 atom stereocenters. The monoisotopic (exact) mass is 98.1 g/mol. The molecule has 42 valence electrons. The van der Waals surface area contributed by atoms with Crippen molar-refractivity contribution in [1.82, 2.24) is 0 Å². The van der Waals surface area contributed by atoms with Gasteiger partial charge in [0.25, 0.3) is 0 Å². The van der Waals surface area contributed by atoms with Crippen LogP contribution in [0.4, 0.5) is 0 Å². The molecule has 1 fully saturated rings. The lowest BCUT2D eigenvalue weighted by molar-refractivity contribution is 0.574. The molecule has 0 aliphatic carbocycles. The van der Waals surface area contributed by atoms with E-state index in [1.807, 2.05) is 0 Å². The molecular formula is C6H12N-. The first kappa shape index (κ1) is 5.10. The molecule has 0 N–H and O–H groups in total. The molecule has 1 aliphatic rings. The maximum Gasteiger partial charge on any atom is -0.0550 e. The van der Waals surface area contributed by atoms with Crippen molar-refractivity contribution in [3.8, 4) is 0 Å². The van der Waals surface area contributed by atoms with E-state index in [4.69, 9.17) is 0 Å². The van der Waals surface area contributed by atoms with Crippen molar-refractivity contribution in [2.45, 2.75) is 19.8 Å². The van der Waals surface area contributed by atoms with E-state index in [2.05, 4.69) is 12.2 Å². The number of hydrogen-bond donors (Lipinski definition) is 0. The molecule has 0 spiro atoms. The van der Waals surface area contributed by atoms with Crippen LogP contribution in [-0.2, 0) is 0 Å². The lowest BCUT2D eigenvalue weighted by Gasteiger charge is -2.07. The molecule has 1 aliphatic heterocycles. The molecule has 1 saturated heterocycles. The summed E-state index contributed by atoms with van der Waals surface area (Å²) in [4.78, 5) is 0.